The van der Waals surface area contributed by atoms with Gasteiger partial charge in [0, 0.05) is 0 Å². The summed E-state index contributed by atoms with van der Waals surface area (Å²) in [7, 11) is 3.90. The number of nitrogens with zero attached hydrogens (tertiary/aromatic N) is 3. The van der Waals surface area contributed by atoms with Crippen LogP contribution in [0.1, 0.15) is 51.9 Å². The van der Waals surface area contributed by atoms with Gasteiger partial charge in [0.05, 0.1) is 84.8 Å². The molecule has 0 saturated carbocycles. The van der Waals surface area contributed by atoms with Crippen LogP contribution in [0.5, 0.6) is 11.5 Å². The maximum Gasteiger partial charge on any atom is 1.00 e. The molecule has 0 bridgehead atoms. The average Bonchev–Trinajstić information content (AvgIpc) is 3.98. The van der Waals surface area contributed by atoms with E-state index in [-0.39, 0.29) is 196 Å². The molecule has 0 aliphatic carbocycles. The fourth-order valence-corrected chi connectivity index (χ4v) is 8.64. The van der Waals surface area contributed by atoms with Gasteiger partial charge in [0.2, 0.25) is 0 Å². The SMILES string of the molecule is CCOC(=O)CBr.CCOC(=O)COc1c(C(=O)OC)sc2nc(SCC(=O)OC)ccc12.CCOC(=O)c1ccc(Cl)nc1Cl.COC(=O)CS.O=C(O)COc1c(C(=O)O)sc2nc(SCC(=O)O)ccc12.O=CO[O-].[H-].[K+].[K+]. The Morgan fingerprint density at radius 3 is 1.55 bits per heavy atom. The number of methoxy groups -OCH3 is 3. The van der Waals surface area contributed by atoms with E-state index in [1.807, 2.05) is 0 Å². The molecule has 5 aromatic heterocycles. The molecule has 0 amide bonds. The van der Waals surface area contributed by atoms with Crippen LogP contribution in [-0.4, -0.2) is 167 Å². The Morgan fingerprint density at radius 1 is 0.662 bits per heavy atom. The van der Waals surface area contributed by atoms with E-state index >= 15 is 0 Å². The van der Waals surface area contributed by atoms with Crippen LogP contribution in [-0.2, 0) is 66.9 Å². The molecule has 3 N–H and O–H groups in total. The van der Waals surface area contributed by atoms with Gasteiger partial charge < -0.3 is 64.8 Å². The normalized spacial score (nSPS) is 9.44. The Balaban J connectivity index is -0.000000485. The summed E-state index contributed by atoms with van der Waals surface area (Å²) in [5, 5.41) is 37.4. The van der Waals surface area contributed by atoms with Gasteiger partial charge in [0.1, 0.15) is 25.3 Å². The van der Waals surface area contributed by atoms with Crippen LogP contribution in [0, 0.1) is 0 Å². The molecule has 36 heteroatoms. The topological polar surface area (TPSA) is 376 Å². The number of carboxylic acid groups (broad SMARTS) is 3. The van der Waals surface area contributed by atoms with Gasteiger partial charge in [-0.2, -0.15) is 12.6 Å². The minimum absolute atomic E-state index is 0. The van der Waals surface area contributed by atoms with E-state index in [9.17, 15) is 43.2 Å². The number of hydrogen-bond donors (Lipinski definition) is 4. The number of thiol groups is 1. The predicted octanol–water partition coefficient (Wildman–Crippen LogP) is 0.0784. The van der Waals surface area contributed by atoms with Crippen molar-refractivity contribution in [3.05, 3.63) is 62.0 Å². The number of carbonyl (C=O) groups is 10. The van der Waals surface area contributed by atoms with Crippen molar-refractivity contribution >= 4 is 179 Å². The fraction of sp³-hybridized carbons (Fsp3) is 0.341. The Kier molecular flexibility index (Phi) is 48.1. The fourth-order valence-electron chi connectivity index (χ4n) is 4.53. The van der Waals surface area contributed by atoms with Crippen LogP contribution < -0.4 is 118 Å². The number of rotatable bonds is 21. The van der Waals surface area contributed by atoms with Crippen molar-refractivity contribution in [2.45, 2.75) is 30.8 Å². The number of thioether (sulfide) groups is 2. The molecule has 80 heavy (non-hydrogen) atoms. The van der Waals surface area contributed by atoms with Crippen molar-refractivity contribution in [1.82, 2.24) is 15.0 Å². The number of fused-ring (bicyclic) bond motifs is 2. The van der Waals surface area contributed by atoms with Crippen molar-refractivity contribution in [2.24, 2.45) is 0 Å². The number of thiophene rings is 2. The van der Waals surface area contributed by atoms with E-state index in [1.165, 1.54) is 57.4 Å². The van der Waals surface area contributed by atoms with Gasteiger partial charge in [0.15, 0.2) is 34.5 Å². The third-order valence-electron chi connectivity index (χ3n) is 7.54. The first-order chi connectivity index (χ1) is 37.1. The van der Waals surface area contributed by atoms with Gasteiger partial charge in [-0.15, -0.1) is 22.7 Å². The molecule has 0 unspecified atom stereocenters. The number of esters is 6. The van der Waals surface area contributed by atoms with Crippen molar-refractivity contribution in [3.63, 3.8) is 0 Å². The number of ether oxygens (including phenoxy) is 8. The van der Waals surface area contributed by atoms with Gasteiger partial charge in [-0.25, -0.2) is 38.9 Å². The summed E-state index contributed by atoms with van der Waals surface area (Å²) in [6, 6.07) is 9.44. The first-order valence-electron chi connectivity index (χ1n) is 21.0. The number of halogens is 3. The summed E-state index contributed by atoms with van der Waals surface area (Å²) in [5.41, 5.74) is 0.230. The zero-order valence-electron chi connectivity index (χ0n) is 44.5. The van der Waals surface area contributed by atoms with Crippen molar-refractivity contribution in [2.75, 3.05) is 77.0 Å². The molecule has 0 fully saturated rings. The number of alkyl halides is 1. The maximum atomic E-state index is 12.0. The molecule has 26 nitrogen and oxygen atoms in total. The molecule has 0 aromatic carbocycles. The number of pyridine rings is 3. The van der Waals surface area contributed by atoms with Gasteiger partial charge in [0.25, 0.3) is 6.47 Å². The van der Waals surface area contributed by atoms with E-state index in [2.05, 4.69) is 62.6 Å². The summed E-state index contributed by atoms with van der Waals surface area (Å²) in [4.78, 5) is 123. The average molecular weight is 1380 g/mol. The second kappa shape index (κ2) is 47.4. The summed E-state index contributed by atoms with van der Waals surface area (Å²) >= 11 is 21.9. The first-order valence-corrected chi connectivity index (χ1v) is 27.1. The molecule has 5 rings (SSSR count). The number of aromatic nitrogens is 3. The second-order valence-electron chi connectivity index (χ2n) is 12.7. The van der Waals surface area contributed by atoms with E-state index < -0.39 is 42.4 Å². The summed E-state index contributed by atoms with van der Waals surface area (Å²) in [6.45, 7) is 5.01. The van der Waals surface area contributed by atoms with E-state index in [0.29, 0.717) is 49.0 Å². The third-order valence-corrected chi connectivity index (χ3v) is 12.7. The molecule has 0 aliphatic rings. The molecule has 0 aliphatic heterocycles. The minimum Gasteiger partial charge on any atom is -1.00 e. The monoisotopic (exact) mass is 1370 g/mol. The van der Waals surface area contributed by atoms with E-state index in [4.69, 9.17) is 72.3 Å². The Labute approximate surface area is 582 Å². The molecule has 0 saturated heterocycles. The standard InChI is InChI=1S/C16H17NO7S2.C12H9NO7S2.C8H7Cl2NO2.C4H7BrO2.C3H6O2S.CH2O3.2K.H/c1-4-23-11(18)7-24-13-9-5-6-10(25-8-12(19)21-2)17-15(9)26-14(13)16(20)22-3;14-7(15)3-20-9-5-1-2-6(21-4-8(16)17)13-11(5)22-10(9)12(18)19;1-2-13-8(12)5-3-4-6(9)11-7(5)10;1-2-7-4(6)3-5;1-5-3(4)2-6;2-1-4-3;;;/h5-6H,4,7-8H2,1-3H3;1-2H,3-4H2,(H,14,15)(H,16,17)(H,18,19);3-4H,2H2,1H3;2-3H2,1H3;6H,2H2,1H3;1,3H;;;/q;;;;;;2*+1;-1/p-1. The van der Waals surface area contributed by atoms with Crippen molar-refractivity contribution in [1.29, 1.82) is 0 Å². The van der Waals surface area contributed by atoms with Gasteiger partial charge in [-0.3, -0.25) is 24.0 Å². The number of hydrogen-bond acceptors (Lipinski definition) is 28. The first kappa shape index (κ1) is 81.2. The van der Waals surface area contributed by atoms with Gasteiger partial charge >= 0.3 is 156 Å². The largest absolute Gasteiger partial charge is 1.00 e. The molecule has 430 valence electrons. The van der Waals surface area contributed by atoms with Gasteiger partial charge in [-0.05, 0) is 57.2 Å². The number of aliphatic carboxylic acids is 2. The molecular weight excluding hydrogens is 1330 g/mol. The van der Waals surface area contributed by atoms with Crippen LogP contribution in [0.2, 0.25) is 10.3 Å². The molecule has 5 heterocycles. The molecule has 0 radical (unpaired) electrons. The van der Waals surface area contributed by atoms with Crippen LogP contribution >= 0.6 is 98.0 Å². The molecule has 5 aromatic rings. The second-order valence-corrected chi connectivity index (χ2v) is 18.3. The Bertz CT molecular complexity index is 2820. The van der Waals surface area contributed by atoms with Crippen LogP contribution in [0.15, 0.2) is 46.5 Å². The minimum atomic E-state index is -1.25. The van der Waals surface area contributed by atoms with Gasteiger partial charge in [-0.1, -0.05) is 62.7 Å². The number of carboxylic acids is 3. The zero-order chi connectivity index (χ0) is 59.3. The van der Waals surface area contributed by atoms with E-state index in [1.54, 1.807) is 32.9 Å². The quantitative estimate of drug-likeness (QED) is 0.00722. The number of aromatic carboxylic acids is 1. The van der Waals surface area contributed by atoms with E-state index in [0.717, 1.165) is 34.4 Å². The van der Waals surface area contributed by atoms with Crippen molar-refractivity contribution < 1.29 is 216 Å². The Hall–Kier alpha value is -2.99. The predicted molar refractivity (Wildman–Crippen MR) is 289 cm³/mol. The molecule has 0 atom stereocenters. The van der Waals surface area contributed by atoms with Crippen LogP contribution in [0.25, 0.3) is 20.4 Å². The Morgan fingerprint density at radius 2 is 1.15 bits per heavy atom. The maximum absolute atomic E-state index is 12.0. The summed E-state index contributed by atoms with van der Waals surface area (Å²) in [5.74, 6) is -5.65. The third kappa shape index (κ3) is 32.8. The van der Waals surface area contributed by atoms with Crippen molar-refractivity contribution in [3.8, 4) is 11.5 Å². The summed E-state index contributed by atoms with van der Waals surface area (Å²) < 4.78 is 38.2. The zero-order valence-corrected chi connectivity index (χ0v) is 57.0. The smallest absolute Gasteiger partial charge is 1.00 e. The van der Waals surface area contributed by atoms with Crippen LogP contribution in [0.4, 0.5) is 0 Å². The number of carbonyl (C=O) groups excluding carboxylic acids is 7. The van der Waals surface area contributed by atoms with Crippen LogP contribution in [0.3, 0.4) is 0 Å². The molecular formula is C44H48BrCl2K2N3O23S5. The molecule has 0 spiro atoms. The summed E-state index contributed by atoms with van der Waals surface area (Å²) in [6.07, 6.45) is 0.